The van der Waals surface area contributed by atoms with E-state index >= 15 is 0 Å². The number of esters is 2. The molecular weight excluding hydrogens is 324 g/mol. The third kappa shape index (κ3) is 8.79. The summed E-state index contributed by atoms with van der Waals surface area (Å²) in [5, 5.41) is 0. The van der Waals surface area contributed by atoms with E-state index in [1.54, 1.807) is 6.92 Å². The zero-order valence-corrected chi connectivity index (χ0v) is 14.0. The van der Waals surface area contributed by atoms with Gasteiger partial charge in [-0.05, 0) is 58.3 Å². The first-order valence-corrected chi connectivity index (χ1v) is 6.72. The van der Waals surface area contributed by atoms with E-state index in [1.807, 2.05) is 51.4 Å². The zero-order valence-electron chi connectivity index (χ0n) is 12.9. The molecule has 0 aromatic heterocycles. The van der Waals surface area contributed by atoms with Gasteiger partial charge in [-0.2, -0.15) is 0 Å². The minimum atomic E-state index is -0.327. The molecule has 0 unspecified atom stereocenters. The van der Waals surface area contributed by atoms with Gasteiger partial charge in [0, 0.05) is 42.8 Å². The van der Waals surface area contributed by atoms with E-state index in [9.17, 15) is 9.59 Å². The molecular formula is C17H20FeO4. The maximum Gasteiger partial charge on any atom is 0.302 e. The van der Waals surface area contributed by atoms with Crippen molar-refractivity contribution in [2.24, 2.45) is 0 Å². The minimum absolute atomic E-state index is 0. The van der Waals surface area contributed by atoms with Gasteiger partial charge in [-0.15, -0.1) is 0 Å². The van der Waals surface area contributed by atoms with E-state index in [2.05, 4.69) is 0 Å². The van der Waals surface area contributed by atoms with Crippen LogP contribution in [0.4, 0.5) is 0 Å². The molecule has 22 heavy (non-hydrogen) atoms. The van der Waals surface area contributed by atoms with Crippen molar-refractivity contribution in [3.63, 3.8) is 0 Å². The molecule has 5 heteroatoms. The summed E-state index contributed by atoms with van der Waals surface area (Å²) in [5.74, 6) is 1.08. The molecule has 1 atom stereocenters. The molecule has 0 aliphatic heterocycles. The van der Waals surface area contributed by atoms with Crippen LogP contribution in [0.1, 0.15) is 20.8 Å². The maximum absolute atomic E-state index is 10.8. The molecule has 4 nitrogen and oxygen atoms in total. The van der Waals surface area contributed by atoms with Gasteiger partial charge in [0.25, 0.3) is 0 Å². The van der Waals surface area contributed by atoms with Gasteiger partial charge in [0.2, 0.25) is 0 Å². The Morgan fingerprint density at radius 1 is 0.955 bits per heavy atom. The van der Waals surface area contributed by atoms with Gasteiger partial charge < -0.3 is 9.47 Å². The second kappa shape index (κ2) is 12.0. The molecule has 2 fully saturated rings. The predicted molar refractivity (Wildman–Crippen MR) is 78.7 cm³/mol. The van der Waals surface area contributed by atoms with Gasteiger partial charge in [-0.3, -0.25) is 9.59 Å². The SMILES string of the molecule is CC(=O)OC[C]1[CH][CH][CH][C]1[C@@H](C)OC(C)=O.[CH]1[CH][CH][CH][CH]1.[Fe]. The molecule has 120 valence electrons. The number of carbonyl (C=O) groups excluding carboxylic acids is 2. The molecule has 2 aliphatic rings. The first-order valence-electron chi connectivity index (χ1n) is 6.72. The Labute approximate surface area is 145 Å². The van der Waals surface area contributed by atoms with Crippen LogP contribution < -0.4 is 0 Å². The van der Waals surface area contributed by atoms with Crippen LogP contribution in [0.15, 0.2) is 0 Å². The first-order chi connectivity index (χ1) is 10.0. The maximum atomic E-state index is 10.8. The van der Waals surface area contributed by atoms with Crippen LogP contribution in [0.3, 0.4) is 0 Å². The van der Waals surface area contributed by atoms with E-state index in [0.717, 1.165) is 11.8 Å². The second-order valence-corrected chi connectivity index (χ2v) is 4.50. The Morgan fingerprint density at radius 3 is 1.95 bits per heavy atom. The summed E-state index contributed by atoms with van der Waals surface area (Å²) in [5.41, 5.74) is 0. The van der Waals surface area contributed by atoms with Gasteiger partial charge in [-0.1, -0.05) is 0 Å². The van der Waals surface area contributed by atoms with E-state index in [4.69, 9.17) is 9.47 Å². The van der Waals surface area contributed by atoms with Crippen molar-refractivity contribution in [3.8, 4) is 0 Å². The fourth-order valence-corrected chi connectivity index (χ4v) is 1.81. The summed E-state index contributed by atoms with van der Waals surface area (Å²) >= 11 is 0. The molecule has 0 bridgehead atoms. The van der Waals surface area contributed by atoms with Crippen LogP contribution in [-0.2, 0) is 36.1 Å². The summed E-state index contributed by atoms with van der Waals surface area (Å²) in [6, 6.07) is 0. The van der Waals surface area contributed by atoms with Crippen LogP contribution >= 0.6 is 0 Å². The molecule has 0 N–H and O–H groups in total. The van der Waals surface area contributed by atoms with Crippen molar-refractivity contribution in [2.75, 3.05) is 6.61 Å². The number of hydrogen-bond acceptors (Lipinski definition) is 4. The van der Waals surface area contributed by atoms with Crippen LogP contribution in [0.5, 0.6) is 0 Å². The molecule has 2 aliphatic carbocycles. The fourth-order valence-electron chi connectivity index (χ4n) is 1.81. The van der Waals surface area contributed by atoms with E-state index in [1.165, 1.54) is 13.8 Å². The summed E-state index contributed by atoms with van der Waals surface area (Å²) < 4.78 is 9.97. The van der Waals surface area contributed by atoms with Crippen molar-refractivity contribution < 1.29 is 36.1 Å². The van der Waals surface area contributed by atoms with Gasteiger partial charge in [0.15, 0.2) is 0 Å². The van der Waals surface area contributed by atoms with E-state index in [0.29, 0.717) is 0 Å². The minimum Gasteiger partial charge on any atom is -0.465 e. The number of carbonyl (C=O) groups is 2. The normalized spacial score (nSPS) is 19.6. The largest absolute Gasteiger partial charge is 0.465 e. The van der Waals surface area contributed by atoms with Crippen molar-refractivity contribution >= 4 is 11.9 Å². The zero-order chi connectivity index (χ0) is 15.7. The summed E-state index contributed by atoms with van der Waals surface area (Å²) in [7, 11) is 0. The molecule has 0 heterocycles. The average Bonchev–Trinajstić information content (AvgIpc) is 3.09. The van der Waals surface area contributed by atoms with Gasteiger partial charge in [0.05, 0.1) is 6.61 Å². The monoisotopic (exact) mass is 344 g/mol. The average molecular weight is 344 g/mol. The van der Waals surface area contributed by atoms with E-state index < -0.39 is 0 Å². The summed E-state index contributed by atoms with van der Waals surface area (Å²) in [4.78, 5) is 21.5. The molecule has 0 spiro atoms. The van der Waals surface area contributed by atoms with Crippen molar-refractivity contribution in [2.45, 2.75) is 26.9 Å². The quantitative estimate of drug-likeness (QED) is 0.580. The molecule has 0 aromatic rings. The van der Waals surface area contributed by atoms with Gasteiger partial charge in [0.1, 0.15) is 6.10 Å². The van der Waals surface area contributed by atoms with Crippen molar-refractivity contribution in [1.29, 1.82) is 0 Å². The molecule has 2 rings (SSSR count). The smallest absolute Gasteiger partial charge is 0.302 e. The predicted octanol–water partition coefficient (Wildman–Crippen LogP) is 2.30. The molecule has 0 amide bonds. The Kier molecular flexibility index (Phi) is 11.7. The Balaban J connectivity index is 0.000000622. The summed E-state index contributed by atoms with van der Waals surface area (Å²) in [6.45, 7) is 4.72. The van der Waals surface area contributed by atoms with Crippen LogP contribution in [0, 0.1) is 63.2 Å². The second-order valence-electron chi connectivity index (χ2n) is 4.50. The summed E-state index contributed by atoms with van der Waals surface area (Å²) in [6.07, 6.45) is 15.2. The molecule has 0 saturated heterocycles. The third-order valence-corrected chi connectivity index (χ3v) is 2.71. The molecule has 2 saturated carbocycles. The molecule has 10 radical (unpaired) electrons. The standard InChI is InChI=1S/C12H15O4.C5H5.Fe/c1-8(16-10(3)14)12-6-4-5-11(12)7-15-9(2)13;1-2-4-5-3-1;/h4-6,8H,7H2,1-3H3;1-5H;/t8-;;/m1../s1. The van der Waals surface area contributed by atoms with Gasteiger partial charge in [-0.25, -0.2) is 0 Å². The van der Waals surface area contributed by atoms with E-state index in [-0.39, 0.29) is 41.7 Å². The van der Waals surface area contributed by atoms with Crippen LogP contribution in [0.25, 0.3) is 0 Å². The first kappa shape index (κ1) is 21.5. The Bertz CT molecular complexity index is 321. The fraction of sp³-hybridized carbons (Fsp3) is 0.294. The van der Waals surface area contributed by atoms with Crippen LogP contribution in [-0.4, -0.2) is 24.6 Å². The number of rotatable bonds is 4. The Hall–Kier alpha value is -0.541. The topological polar surface area (TPSA) is 52.6 Å². The van der Waals surface area contributed by atoms with Crippen molar-refractivity contribution in [3.05, 3.63) is 63.2 Å². The third-order valence-electron chi connectivity index (χ3n) is 2.71. The van der Waals surface area contributed by atoms with Crippen LogP contribution in [0.2, 0.25) is 0 Å². The Morgan fingerprint density at radius 2 is 1.50 bits per heavy atom. The molecule has 0 aromatic carbocycles. The number of ether oxygens (including phenoxy) is 2. The van der Waals surface area contributed by atoms with Crippen molar-refractivity contribution in [1.82, 2.24) is 0 Å². The van der Waals surface area contributed by atoms with Gasteiger partial charge >= 0.3 is 11.9 Å². The number of hydrogen-bond donors (Lipinski definition) is 0.